The number of anilines is 2. The monoisotopic (exact) mass is 487 g/mol. The molecular weight excluding hydrogens is 454 g/mol. The van der Waals surface area contributed by atoms with Gasteiger partial charge in [0.25, 0.3) is 0 Å². The SMILES string of the molecule is CCOC(=O)Nc1ccc(NC(=O)C2CCN(S(=O)(=O)c3ccc(C(C)(C)C)cc3)CC2)cc1. The van der Waals surface area contributed by atoms with Crippen LogP contribution in [0.1, 0.15) is 46.1 Å². The Morgan fingerprint density at radius 3 is 1.97 bits per heavy atom. The van der Waals surface area contributed by atoms with Crippen LogP contribution in [0.3, 0.4) is 0 Å². The van der Waals surface area contributed by atoms with Gasteiger partial charge < -0.3 is 10.1 Å². The van der Waals surface area contributed by atoms with Crippen molar-refractivity contribution in [2.45, 2.75) is 50.8 Å². The highest BCUT2D eigenvalue weighted by Crippen LogP contribution is 2.28. The summed E-state index contributed by atoms with van der Waals surface area (Å²) in [6, 6.07) is 13.8. The fraction of sp³-hybridized carbons (Fsp3) is 0.440. The Hall–Kier alpha value is -2.91. The lowest BCUT2D eigenvalue weighted by Gasteiger charge is -2.30. The molecule has 0 atom stereocenters. The molecule has 8 nitrogen and oxygen atoms in total. The van der Waals surface area contributed by atoms with Gasteiger partial charge in [0.1, 0.15) is 0 Å². The zero-order valence-electron chi connectivity index (χ0n) is 20.1. The Morgan fingerprint density at radius 1 is 0.941 bits per heavy atom. The van der Waals surface area contributed by atoms with Crippen LogP contribution in [0.5, 0.6) is 0 Å². The van der Waals surface area contributed by atoms with Crippen LogP contribution in [-0.4, -0.2) is 44.4 Å². The molecule has 0 saturated carbocycles. The van der Waals surface area contributed by atoms with Gasteiger partial charge in [-0.15, -0.1) is 0 Å². The Balaban J connectivity index is 1.54. The second-order valence-corrected chi connectivity index (χ2v) is 11.3. The van der Waals surface area contributed by atoms with Gasteiger partial charge in [0, 0.05) is 30.4 Å². The van der Waals surface area contributed by atoms with E-state index in [1.165, 1.54) is 4.31 Å². The zero-order chi connectivity index (χ0) is 24.9. The largest absolute Gasteiger partial charge is 0.450 e. The molecule has 1 fully saturated rings. The fourth-order valence-corrected chi connectivity index (χ4v) is 5.27. The van der Waals surface area contributed by atoms with E-state index in [-0.39, 0.29) is 28.7 Å². The second kappa shape index (κ2) is 10.6. The standard InChI is InChI=1S/C25H33N3O5S/c1-5-33-24(30)27-21-10-8-20(9-11-21)26-23(29)18-14-16-28(17-15-18)34(31,32)22-12-6-19(7-13-22)25(2,3)4/h6-13,18H,5,14-17H2,1-4H3,(H,26,29)(H,27,30). The number of hydrogen-bond donors (Lipinski definition) is 2. The molecule has 1 aliphatic rings. The topological polar surface area (TPSA) is 105 Å². The summed E-state index contributed by atoms with van der Waals surface area (Å²) in [6.45, 7) is 8.85. The minimum Gasteiger partial charge on any atom is -0.450 e. The molecule has 0 aliphatic carbocycles. The first kappa shape index (κ1) is 25.7. The summed E-state index contributed by atoms with van der Waals surface area (Å²) in [6.07, 6.45) is 0.368. The highest BCUT2D eigenvalue weighted by atomic mass is 32.2. The van der Waals surface area contributed by atoms with Crippen molar-refractivity contribution in [2.24, 2.45) is 5.92 Å². The van der Waals surface area contributed by atoms with Gasteiger partial charge in [0.05, 0.1) is 11.5 Å². The summed E-state index contributed by atoms with van der Waals surface area (Å²) in [5.41, 5.74) is 2.19. The van der Waals surface area contributed by atoms with Crippen LogP contribution in [0, 0.1) is 5.92 Å². The Labute approximate surface area is 201 Å². The molecule has 0 spiro atoms. The molecule has 2 amide bonds. The van der Waals surface area contributed by atoms with Crippen molar-refractivity contribution < 1.29 is 22.7 Å². The lowest BCUT2D eigenvalue weighted by atomic mass is 9.87. The summed E-state index contributed by atoms with van der Waals surface area (Å²) in [5, 5.41) is 5.47. The quantitative estimate of drug-likeness (QED) is 0.620. The molecule has 2 N–H and O–H groups in total. The first-order valence-corrected chi connectivity index (χ1v) is 12.9. The summed E-state index contributed by atoms with van der Waals surface area (Å²) in [7, 11) is -3.59. The molecule has 0 radical (unpaired) electrons. The number of ether oxygens (including phenoxy) is 1. The van der Waals surface area contributed by atoms with Crippen molar-refractivity contribution in [3.05, 3.63) is 54.1 Å². The van der Waals surface area contributed by atoms with Crippen molar-refractivity contribution in [3.8, 4) is 0 Å². The third-order valence-electron chi connectivity index (χ3n) is 5.86. The van der Waals surface area contributed by atoms with E-state index in [4.69, 9.17) is 4.74 Å². The van der Waals surface area contributed by atoms with Crippen LogP contribution in [0.25, 0.3) is 0 Å². The predicted molar refractivity (Wildman–Crippen MR) is 132 cm³/mol. The minimum atomic E-state index is -3.59. The van der Waals surface area contributed by atoms with Crippen molar-refractivity contribution in [1.82, 2.24) is 4.31 Å². The minimum absolute atomic E-state index is 0.0499. The van der Waals surface area contributed by atoms with Crippen LogP contribution in [-0.2, 0) is 25.0 Å². The number of carbonyl (C=O) groups excluding carboxylic acids is 2. The Bertz CT molecular complexity index is 1100. The molecule has 0 bridgehead atoms. The first-order valence-electron chi connectivity index (χ1n) is 11.5. The first-order chi connectivity index (χ1) is 16.0. The Morgan fingerprint density at radius 2 is 1.47 bits per heavy atom. The third-order valence-corrected chi connectivity index (χ3v) is 7.77. The molecule has 0 aromatic heterocycles. The predicted octanol–water partition coefficient (Wildman–Crippen LogP) is 4.59. The van der Waals surface area contributed by atoms with Crippen LogP contribution in [0.4, 0.5) is 16.2 Å². The molecular formula is C25H33N3O5S. The number of hydrogen-bond acceptors (Lipinski definition) is 5. The maximum absolute atomic E-state index is 13.1. The lowest BCUT2D eigenvalue weighted by Crippen LogP contribution is -2.41. The van der Waals surface area contributed by atoms with Gasteiger partial charge in [-0.25, -0.2) is 13.2 Å². The average molecular weight is 488 g/mol. The van der Waals surface area contributed by atoms with E-state index in [9.17, 15) is 18.0 Å². The molecule has 1 saturated heterocycles. The number of rotatable bonds is 6. The van der Waals surface area contributed by atoms with E-state index in [0.717, 1.165) is 5.56 Å². The molecule has 2 aromatic rings. The highest BCUT2D eigenvalue weighted by molar-refractivity contribution is 7.89. The van der Waals surface area contributed by atoms with Crippen molar-refractivity contribution in [3.63, 3.8) is 0 Å². The van der Waals surface area contributed by atoms with E-state index < -0.39 is 16.1 Å². The molecule has 1 aliphatic heterocycles. The molecule has 9 heteroatoms. The molecule has 1 heterocycles. The van der Waals surface area contributed by atoms with Gasteiger partial charge in [0.15, 0.2) is 0 Å². The van der Waals surface area contributed by atoms with Crippen molar-refractivity contribution in [1.29, 1.82) is 0 Å². The van der Waals surface area contributed by atoms with E-state index in [1.54, 1.807) is 43.3 Å². The normalized spacial score (nSPS) is 15.5. The molecule has 0 unspecified atom stereocenters. The van der Waals surface area contributed by atoms with E-state index in [1.807, 2.05) is 12.1 Å². The van der Waals surface area contributed by atoms with Crippen LogP contribution >= 0.6 is 0 Å². The summed E-state index contributed by atoms with van der Waals surface area (Å²) < 4.78 is 32.4. The highest BCUT2D eigenvalue weighted by Gasteiger charge is 2.32. The van der Waals surface area contributed by atoms with Gasteiger partial charge in [0.2, 0.25) is 15.9 Å². The van der Waals surface area contributed by atoms with Gasteiger partial charge in [-0.05, 0) is 67.1 Å². The number of benzene rings is 2. The van der Waals surface area contributed by atoms with Crippen LogP contribution < -0.4 is 10.6 Å². The van der Waals surface area contributed by atoms with E-state index >= 15 is 0 Å². The van der Waals surface area contributed by atoms with Gasteiger partial charge in [-0.2, -0.15) is 4.31 Å². The number of amides is 2. The molecule has 3 rings (SSSR count). The zero-order valence-corrected chi connectivity index (χ0v) is 20.9. The Kier molecular flexibility index (Phi) is 7.99. The fourth-order valence-electron chi connectivity index (χ4n) is 3.80. The van der Waals surface area contributed by atoms with Crippen LogP contribution in [0.2, 0.25) is 0 Å². The third kappa shape index (κ3) is 6.36. The van der Waals surface area contributed by atoms with Gasteiger partial charge in [-0.1, -0.05) is 32.9 Å². The molecule has 184 valence electrons. The maximum atomic E-state index is 13.1. The molecule has 2 aromatic carbocycles. The van der Waals surface area contributed by atoms with Gasteiger partial charge >= 0.3 is 6.09 Å². The molecule has 34 heavy (non-hydrogen) atoms. The van der Waals surface area contributed by atoms with Crippen LogP contribution in [0.15, 0.2) is 53.4 Å². The number of carbonyl (C=O) groups is 2. The number of nitrogens with zero attached hydrogens (tertiary/aromatic N) is 1. The van der Waals surface area contributed by atoms with E-state index in [0.29, 0.717) is 37.3 Å². The summed E-state index contributed by atoms with van der Waals surface area (Å²) >= 11 is 0. The van der Waals surface area contributed by atoms with Crippen molar-refractivity contribution in [2.75, 3.05) is 30.3 Å². The number of nitrogens with one attached hydrogen (secondary N) is 2. The number of piperidine rings is 1. The average Bonchev–Trinajstić information content (AvgIpc) is 2.80. The maximum Gasteiger partial charge on any atom is 0.411 e. The summed E-state index contributed by atoms with van der Waals surface area (Å²) in [5.74, 6) is -0.412. The number of sulfonamides is 1. The van der Waals surface area contributed by atoms with Crippen molar-refractivity contribution >= 4 is 33.4 Å². The van der Waals surface area contributed by atoms with E-state index in [2.05, 4.69) is 31.4 Å². The lowest BCUT2D eigenvalue weighted by molar-refractivity contribution is -0.120. The summed E-state index contributed by atoms with van der Waals surface area (Å²) in [4.78, 5) is 24.5. The second-order valence-electron chi connectivity index (χ2n) is 9.36. The van der Waals surface area contributed by atoms with Gasteiger partial charge in [-0.3, -0.25) is 10.1 Å². The smallest absolute Gasteiger partial charge is 0.411 e.